The molecule has 2 unspecified atom stereocenters. The number of likely N-dealkylation sites (N-methyl/N-ethyl adjacent to an activating group) is 1. The van der Waals surface area contributed by atoms with Gasteiger partial charge in [0.1, 0.15) is 6.54 Å². The summed E-state index contributed by atoms with van der Waals surface area (Å²) >= 11 is 0. The van der Waals surface area contributed by atoms with Crippen molar-refractivity contribution in [2.75, 3.05) is 27.2 Å². The van der Waals surface area contributed by atoms with Crippen molar-refractivity contribution in [2.24, 2.45) is 5.92 Å². The fourth-order valence-electron chi connectivity index (χ4n) is 5.18. The summed E-state index contributed by atoms with van der Waals surface area (Å²) in [6.07, 6.45) is 3.75. The third-order valence-corrected chi connectivity index (χ3v) is 8.35. The Morgan fingerprint density at radius 1 is 0.943 bits per heavy atom. The van der Waals surface area contributed by atoms with Crippen LogP contribution in [-0.4, -0.2) is 52.2 Å². The van der Waals surface area contributed by atoms with Crippen molar-refractivity contribution in [2.45, 2.75) is 55.6 Å². The molecule has 35 heavy (non-hydrogen) atoms. The molecule has 0 radical (unpaired) electrons. The quantitative estimate of drug-likeness (QED) is 0.234. The van der Waals surface area contributed by atoms with Gasteiger partial charge in [-0.2, -0.15) is 8.42 Å². The second-order valence-electron chi connectivity index (χ2n) is 10.1. The predicted molar refractivity (Wildman–Crippen MR) is 147 cm³/mol. The molecular formula is C26H36Br2NO5S+. The molecule has 1 saturated heterocycles. The van der Waals surface area contributed by atoms with Crippen LogP contribution in [-0.2, 0) is 29.4 Å². The number of aryl methyl sites for hydroxylation is 1. The minimum Gasteiger partial charge on any atom is -0.454 e. The van der Waals surface area contributed by atoms with Gasteiger partial charge >= 0.3 is 5.97 Å². The number of esters is 1. The number of rotatable bonds is 7. The highest BCUT2D eigenvalue weighted by atomic mass is 79.9. The van der Waals surface area contributed by atoms with Crippen molar-refractivity contribution in [3.05, 3.63) is 65.7 Å². The van der Waals surface area contributed by atoms with E-state index in [1.54, 1.807) is 24.3 Å². The van der Waals surface area contributed by atoms with Gasteiger partial charge in [0.05, 0.1) is 25.5 Å². The van der Waals surface area contributed by atoms with Crippen LogP contribution in [0.15, 0.2) is 59.5 Å². The molecular weight excluding hydrogens is 598 g/mol. The van der Waals surface area contributed by atoms with E-state index in [2.05, 4.69) is 14.1 Å². The minimum absolute atomic E-state index is 0. The van der Waals surface area contributed by atoms with E-state index in [1.165, 1.54) is 12.1 Å². The smallest absolute Gasteiger partial charge is 0.345 e. The Labute approximate surface area is 230 Å². The fraction of sp³-hybridized carbons (Fsp3) is 0.500. The fourth-order valence-corrected chi connectivity index (χ4v) is 6.39. The molecule has 0 spiro atoms. The van der Waals surface area contributed by atoms with Gasteiger partial charge in [-0.1, -0.05) is 60.9 Å². The average molecular weight is 634 g/mol. The normalized spacial score (nSPS) is 21.4. The van der Waals surface area contributed by atoms with Gasteiger partial charge in [0.15, 0.2) is 6.10 Å². The van der Waals surface area contributed by atoms with Gasteiger partial charge in [-0.05, 0) is 37.5 Å². The Morgan fingerprint density at radius 3 is 2.09 bits per heavy atom. The molecule has 6 nitrogen and oxygen atoms in total. The van der Waals surface area contributed by atoms with Gasteiger partial charge in [-0.25, -0.2) is 8.98 Å². The average Bonchev–Trinajstić information content (AvgIpc) is 3.43. The first-order chi connectivity index (χ1) is 15.6. The van der Waals surface area contributed by atoms with Crippen LogP contribution in [0, 0.1) is 12.8 Å². The molecule has 2 atom stereocenters. The number of hydrogen-bond acceptors (Lipinski definition) is 5. The third-order valence-electron chi connectivity index (χ3n) is 7.01. The molecule has 2 aliphatic rings. The number of benzene rings is 2. The monoisotopic (exact) mass is 632 g/mol. The summed E-state index contributed by atoms with van der Waals surface area (Å²) in [6, 6.07) is 15.5. The van der Waals surface area contributed by atoms with Gasteiger partial charge in [-0.15, -0.1) is 34.0 Å². The van der Waals surface area contributed by atoms with Gasteiger partial charge in [0.25, 0.3) is 10.1 Å². The van der Waals surface area contributed by atoms with Gasteiger partial charge in [0.2, 0.25) is 5.60 Å². The zero-order valence-electron chi connectivity index (χ0n) is 20.5. The first-order valence-electron chi connectivity index (χ1n) is 11.7. The third kappa shape index (κ3) is 6.55. The van der Waals surface area contributed by atoms with Crippen molar-refractivity contribution >= 4 is 50.1 Å². The Hall–Kier alpha value is -1.26. The topological polar surface area (TPSA) is 69.7 Å². The number of quaternary nitrogens is 1. The van der Waals surface area contributed by atoms with E-state index in [1.807, 2.05) is 25.1 Å². The number of carbonyl (C=O) groups is 1. The van der Waals surface area contributed by atoms with Gasteiger partial charge < -0.3 is 9.22 Å². The zero-order chi connectivity index (χ0) is 23.7. The Bertz CT molecular complexity index is 1090. The number of nitrogens with zero attached hydrogens (tertiary/aromatic N) is 1. The lowest BCUT2D eigenvalue weighted by Gasteiger charge is -2.37. The summed E-state index contributed by atoms with van der Waals surface area (Å²) in [4.78, 5) is 14.0. The summed E-state index contributed by atoms with van der Waals surface area (Å²) in [6.45, 7) is 3.50. The number of carbonyl (C=O) groups excluding carboxylic acids is 1. The molecule has 1 aliphatic heterocycles. The molecule has 4 rings (SSSR count). The maximum Gasteiger partial charge on any atom is 0.345 e. The minimum atomic E-state index is -4.23. The molecule has 1 aliphatic carbocycles. The number of halogens is 2. The summed E-state index contributed by atoms with van der Waals surface area (Å²) in [5.41, 5.74) is -0.230. The lowest BCUT2D eigenvalue weighted by molar-refractivity contribution is -0.879. The predicted octanol–water partition coefficient (Wildman–Crippen LogP) is 5.33. The summed E-state index contributed by atoms with van der Waals surface area (Å²) in [5, 5.41) is 0. The number of hydrogen-bond donors (Lipinski definition) is 0. The number of ether oxygens (including phenoxy) is 1. The van der Waals surface area contributed by atoms with Crippen LogP contribution in [0.1, 0.15) is 43.2 Å². The van der Waals surface area contributed by atoms with Crippen LogP contribution in [0.2, 0.25) is 0 Å². The van der Waals surface area contributed by atoms with Crippen LogP contribution >= 0.6 is 34.0 Å². The molecule has 0 amide bonds. The van der Waals surface area contributed by atoms with E-state index in [4.69, 9.17) is 8.92 Å². The van der Waals surface area contributed by atoms with Crippen molar-refractivity contribution in [1.29, 1.82) is 0 Å². The van der Waals surface area contributed by atoms with E-state index in [0.29, 0.717) is 24.9 Å². The van der Waals surface area contributed by atoms with Crippen molar-refractivity contribution in [3.8, 4) is 0 Å². The van der Waals surface area contributed by atoms with Gasteiger partial charge in [0, 0.05) is 12.3 Å². The summed E-state index contributed by atoms with van der Waals surface area (Å²) in [7, 11) is -0.0169. The molecule has 2 aromatic rings. The molecule has 0 bridgehead atoms. The molecule has 2 fully saturated rings. The molecule has 1 heterocycles. The first kappa shape index (κ1) is 30.0. The van der Waals surface area contributed by atoms with Crippen LogP contribution in [0.25, 0.3) is 0 Å². The van der Waals surface area contributed by atoms with E-state index in [0.717, 1.165) is 35.9 Å². The second-order valence-corrected chi connectivity index (χ2v) is 11.6. The van der Waals surface area contributed by atoms with E-state index in [-0.39, 0.29) is 50.9 Å². The maximum absolute atomic E-state index is 14.0. The molecule has 9 heteroatoms. The highest BCUT2D eigenvalue weighted by Gasteiger charge is 2.55. The molecule has 0 N–H and O–H groups in total. The highest BCUT2D eigenvalue weighted by molar-refractivity contribution is 8.93. The van der Waals surface area contributed by atoms with Crippen LogP contribution in [0.3, 0.4) is 0 Å². The van der Waals surface area contributed by atoms with Gasteiger partial charge in [-0.3, -0.25) is 0 Å². The maximum atomic E-state index is 14.0. The molecule has 0 aromatic heterocycles. The van der Waals surface area contributed by atoms with Crippen LogP contribution in [0.5, 0.6) is 0 Å². The molecule has 1 saturated carbocycles. The second kappa shape index (κ2) is 11.9. The number of likely N-dealkylation sites (tertiary alicyclic amines) is 1. The van der Waals surface area contributed by atoms with E-state index >= 15 is 0 Å². The molecule has 2 aromatic carbocycles. The van der Waals surface area contributed by atoms with Crippen LogP contribution < -0.4 is 0 Å². The Balaban J connectivity index is 0.00000216. The molecule has 194 valence electrons. The standard InChI is InChI=1S/C26H34NO5S.2BrH/c1-20-13-15-24(16-14-20)33(29,30)32-26(22-11-7-8-12-22,21-9-5-4-6-10-21)25(28)31-23-17-18-27(2,3)19-23;;/h4-6,9-10,13-16,22-23H,7-8,11-12,17-19H2,1-3H3;2*1H/q+1;;. The van der Waals surface area contributed by atoms with E-state index < -0.39 is 21.7 Å². The first-order valence-corrected chi connectivity index (χ1v) is 13.1. The van der Waals surface area contributed by atoms with E-state index in [9.17, 15) is 13.2 Å². The van der Waals surface area contributed by atoms with Crippen molar-refractivity contribution in [1.82, 2.24) is 0 Å². The van der Waals surface area contributed by atoms with Crippen LogP contribution in [0.4, 0.5) is 0 Å². The lowest BCUT2D eigenvalue weighted by Crippen LogP contribution is -2.49. The largest absolute Gasteiger partial charge is 0.454 e. The van der Waals surface area contributed by atoms with Crippen molar-refractivity contribution < 1.29 is 26.6 Å². The highest BCUT2D eigenvalue weighted by Crippen LogP contribution is 2.46. The van der Waals surface area contributed by atoms with Crippen molar-refractivity contribution in [3.63, 3.8) is 0 Å². The zero-order valence-corrected chi connectivity index (χ0v) is 24.8. The SMILES string of the molecule is Br.Br.Cc1ccc(S(=O)(=O)OC(C(=O)OC2CC[N+](C)(C)C2)(c2ccccc2)C2CCCC2)cc1. The lowest BCUT2D eigenvalue weighted by atomic mass is 9.80. The Morgan fingerprint density at radius 2 is 1.54 bits per heavy atom. The Kier molecular flexibility index (Phi) is 10.2. The summed E-state index contributed by atoms with van der Waals surface area (Å²) in [5.74, 6) is -0.875. The summed E-state index contributed by atoms with van der Waals surface area (Å²) < 4.78 is 39.8.